The predicted molar refractivity (Wildman–Crippen MR) is 81.3 cm³/mol. The highest BCUT2D eigenvalue weighted by atomic mass is 32.2. The topological polar surface area (TPSA) is 79.5 Å². The lowest BCUT2D eigenvalue weighted by atomic mass is 10.2. The molecular formula is C13H24N4O2S. The summed E-state index contributed by atoms with van der Waals surface area (Å²) in [6.07, 6.45) is 2.28. The molecule has 7 heteroatoms. The van der Waals surface area contributed by atoms with Crippen LogP contribution in [-0.4, -0.2) is 50.9 Å². The monoisotopic (exact) mass is 300 g/mol. The van der Waals surface area contributed by atoms with Crippen molar-refractivity contribution in [1.29, 1.82) is 0 Å². The third kappa shape index (κ3) is 3.91. The Bertz CT molecular complexity index is 512. The molecule has 0 fully saturated rings. The van der Waals surface area contributed by atoms with E-state index in [0.29, 0.717) is 6.54 Å². The van der Waals surface area contributed by atoms with Crippen molar-refractivity contribution in [1.82, 2.24) is 9.29 Å². The van der Waals surface area contributed by atoms with Gasteiger partial charge in [-0.25, -0.2) is 17.7 Å². The molecule has 0 aliphatic heterocycles. The minimum atomic E-state index is -3.42. The molecule has 0 unspecified atom stereocenters. The van der Waals surface area contributed by atoms with Crippen molar-refractivity contribution in [3.63, 3.8) is 0 Å². The number of anilines is 1. The Morgan fingerprint density at radius 2 is 1.95 bits per heavy atom. The first-order valence-corrected chi connectivity index (χ1v) is 8.10. The van der Waals surface area contributed by atoms with Crippen LogP contribution in [0.25, 0.3) is 0 Å². The summed E-state index contributed by atoms with van der Waals surface area (Å²) in [6.45, 7) is 5.57. The number of aromatic nitrogens is 1. The Kier molecular flexibility index (Phi) is 5.91. The van der Waals surface area contributed by atoms with Crippen LogP contribution in [0.1, 0.15) is 20.3 Å². The molecule has 0 bridgehead atoms. The molecule has 6 nitrogen and oxygen atoms in total. The standard InChI is InChI=1S/C13H24N4O2S/c1-11(2)17(9-5-8-14)13-7-6-12(10-15-13)20(18,19)16(3)4/h6-7,10-11H,5,8-9,14H2,1-4H3. The summed E-state index contributed by atoms with van der Waals surface area (Å²) in [5.74, 6) is 0.770. The van der Waals surface area contributed by atoms with E-state index in [-0.39, 0.29) is 10.9 Å². The van der Waals surface area contributed by atoms with Gasteiger partial charge in [0.05, 0.1) is 0 Å². The van der Waals surface area contributed by atoms with Crippen LogP contribution in [0.15, 0.2) is 23.2 Å². The summed E-state index contributed by atoms with van der Waals surface area (Å²) in [7, 11) is -0.414. The molecule has 0 aliphatic rings. The van der Waals surface area contributed by atoms with E-state index in [2.05, 4.69) is 23.7 Å². The number of hydrogen-bond acceptors (Lipinski definition) is 5. The fraction of sp³-hybridized carbons (Fsp3) is 0.615. The van der Waals surface area contributed by atoms with E-state index < -0.39 is 10.0 Å². The van der Waals surface area contributed by atoms with Crippen molar-refractivity contribution in [3.8, 4) is 0 Å². The van der Waals surface area contributed by atoms with Crippen molar-refractivity contribution < 1.29 is 8.42 Å². The molecule has 1 aromatic heterocycles. The zero-order valence-electron chi connectivity index (χ0n) is 12.6. The number of pyridine rings is 1. The van der Waals surface area contributed by atoms with Gasteiger partial charge in [-0.1, -0.05) is 0 Å². The highest BCUT2D eigenvalue weighted by Gasteiger charge is 2.18. The van der Waals surface area contributed by atoms with Gasteiger partial charge in [0.25, 0.3) is 0 Å². The Labute approximate surface area is 121 Å². The van der Waals surface area contributed by atoms with Gasteiger partial charge >= 0.3 is 0 Å². The number of nitrogens with zero attached hydrogens (tertiary/aromatic N) is 3. The Morgan fingerprint density at radius 3 is 2.35 bits per heavy atom. The van der Waals surface area contributed by atoms with E-state index in [1.165, 1.54) is 24.6 Å². The maximum atomic E-state index is 12.0. The highest BCUT2D eigenvalue weighted by Crippen LogP contribution is 2.18. The van der Waals surface area contributed by atoms with Crippen LogP contribution in [-0.2, 0) is 10.0 Å². The zero-order chi connectivity index (χ0) is 15.3. The van der Waals surface area contributed by atoms with Crippen molar-refractivity contribution in [3.05, 3.63) is 18.3 Å². The minimum Gasteiger partial charge on any atom is -0.354 e. The minimum absolute atomic E-state index is 0.203. The first-order chi connectivity index (χ1) is 9.30. The molecule has 1 rings (SSSR count). The SMILES string of the molecule is CC(C)N(CCCN)c1ccc(S(=O)(=O)N(C)C)cn1. The van der Waals surface area contributed by atoms with Crippen molar-refractivity contribution in [2.24, 2.45) is 5.73 Å². The van der Waals surface area contributed by atoms with Crippen LogP contribution in [0.3, 0.4) is 0 Å². The van der Waals surface area contributed by atoms with E-state index >= 15 is 0 Å². The lowest BCUT2D eigenvalue weighted by Crippen LogP contribution is -2.33. The fourth-order valence-electron chi connectivity index (χ4n) is 1.80. The van der Waals surface area contributed by atoms with Gasteiger partial charge in [-0.15, -0.1) is 0 Å². The molecule has 2 N–H and O–H groups in total. The van der Waals surface area contributed by atoms with Gasteiger partial charge in [-0.2, -0.15) is 0 Å². The summed E-state index contributed by atoms with van der Waals surface area (Å²) in [4.78, 5) is 6.59. The van der Waals surface area contributed by atoms with E-state index in [9.17, 15) is 8.42 Å². The van der Waals surface area contributed by atoms with Crippen LogP contribution in [0.5, 0.6) is 0 Å². The van der Waals surface area contributed by atoms with Crippen molar-refractivity contribution >= 4 is 15.8 Å². The average molecular weight is 300 g/mol. The van der Waals surface area contributed by atoms with Crippen LogP contribution in [0.4, 0.5) is 5.82 Å². The molecule has 0 saturated heterocycles. The summed E-state index contributed by atoms with van der Waals surface area (Å²) in [5, 5.41) is 0. The van der Waals surface area contributed by atoms with Crippen LogP contribution in [0.2, 0.25) is 0 Å². The normalized spacial score (nSPS) is 12.2. The van der Waals surface area contributed by atoms with E-state index in [1.54, 1.807) is 12.1 Å². The van der Waals surface area contributed by atoms with Gasteiger partial charge in [0.15, 0.2) is 0 Å². The Hall–Kier alpha value is -1.18. The van der Waals surface area contributed by atoms with Crippen LogP contribution < -0.4 is 10.6 Å². The van der Waals surface area contributed by atoms with E-state index in [4.69, 9.17) is 5.73 Å². The smallest absolute Gasteiger partial charge is 0.244 e. The molecule has 114 valence electrons. The molecule has 20 heavy (non-hydrogen) atoms. The number of rotatable bonds is 7. The van der Waals surface area contributed by atoms with Crippen LogP contribution >= 0.6 is 0 Å². The predicted octanol–water partition coefficient (Wildman–Crippen LogP) is 0.896. The van der Waals surface area contributed by atoms with Crippen LogP contribution in [0, 0.1) is 0 Å². The number of hydrogen-bond donors (Lipinski definition) is 1. The molecule has 1 aromatic rings. The third-order valence-electron chi connectivity index (χ3n) is 3.02. The summed E-state index contributed by atoms with van der Waals surface area (Å²) in [6, 6.07) is 3.62. The van der Waals surface area contributed by atoms with Gasteiger partial charge < -0.3 is 10.6 Å². The average Bonchev–Trinajstić information content (AvgIpc) is 2.39. The summed E-state index contributed by atoms with van der Waals surface area (Å²) < 4.78 is 25.1. The molecule has 0 amide bonds. The molecule has 0 aliphatic carbocycles. The maximum absolute atomic E-state index is 12.0. The number of nitrogens with two attached hydrogens (primary N) is 1. The van der Waals surface area contributed by atoms with E-state index in [1.807, 2.05) is 0 Å². The number of sulfonamides is 1. The maximum Gasteiger partial charge on any atom is 0.244 e. The van der Waals surface area contributed by atoms with Gasteiger partial charge in [-0.05, 0) is 38.9 Å². The largest absolute Gasteiger partial charge is 0.354 e. The summed E-state index contributed by atoms with van der Waals surface area (Å²) in [5.41, 5.74) is 5.54. The van der Waals surface area contributed by atoms with Gasteiger partial charge in [0.1, 0.15) is 10.7 Å². The second-order valence-corrected chi connectivity index (χ2v) is 7.22. The van der Waals surface area contributed by atoms with Gasteiger partial charge in [0.2, 0.25) is 10.0 Å². The molecule has 0 atom stereocenters. The molecular weight excluding hydrogens is 276 g/mol. The Balaban J connectivity index is 3.00. The van der Waals surface area contributed by atoms with Gasteiger partial charge in [-0.3, -0.25) is 0 Å². The summed E-state index contributed by atoms with van der Waals surface area (Å²) >= 11 is 0. The molecule has 0 aromatic carbocycles. The second kappa shape index (κ2) is 7.01. The van der Waals surface area contributed by atoms with E-state index in [0.717, 1.165) is 18.8 Å². The molecule has 0 spiro atoms. The first kappa shape index (κ1) is 16.9. The second-order valence-electron chi connectivity index (χ2n) is 5.07. The quantitative estimate of drug-likeness (QED) is 0.809. The fourth-order valence-corrected chi connectivity index (χ4v) is 2.65. The molecule has 0 saturated carbocycles. The first-order valence-electron chi connectivity index (χ1n) is 6.66. The highest BCUT2D eigenvalue weighted by molar-refractivity contribution is 7.89. The lowest BCUT2D eigenvalue weighted by Gasteiger charge is -2.27. The molecule has 0 radical (unpaired) electrons. The Morgan fingerprint density at radius 1 is 1.30 bits per heavy atom. The van der Waals surface area contributed by atoms with Gasteiger partial charge in [0, 0.05) is 32.9 Å². The lowest BCUT2D eigenvalue weighted by molar-refractivity contribution is 0.520. The van der Waals surface area contributed by atoms with Crippen molar-refractivity contribution in [2.45, 2.75) is 31.2 Å². The third-order valence-corrected chi connectivity index (χ3v) is 4.82. The zero-order valence-corrected chi connectivity index (χ0v) is 13.4. The van der Waals surface area contributed by atoms with Crippen molar-refractivity contribution in [2.75, 3.05) is 32.1 Å². The molecule has 1 heterocycles.